The molecular formula is C38H34ClN7O4. The number of carbonyl (C=O) groups excluding carboxylic acids is 1. The number of amides is 1. The van der Waals surface area contributed by atoms with Crippen molar-refractivity contribution in [2.75, 3.05) is 72.6 Å². The van der Waals surface area contributed by atoms with Crippen LogP contribution in [-0.4, -0.2) is 73.5 Å². The highest BCUT2D eigenvalue weighted by Crippen LogP contribution is 2.63. The predicted octanol–water partition coefficient (Wildman–Crippen LogP) is 6.12. The van der Waals surface area contributed by atoms with Crippen LogP contribution in [0.25, 0.3) is 0 Å². The molecule has 1 aromatic heterocycles. The van der Waals surface area contributed by atoms with Crippen LogP contribution in [0.2, 0.25) is 5.02 Å². The van der Waals surface area contributed by atoms with Gasteiger partial charge in [0.15, 0.2) is 0 Å². The molecule has 5 heterocycles. The van der Waals surface area contributed by atoms with Crippen molar-refractivity contribution in [1.82, 2.24) is 15.0 Å². The van der Waals surface area contributed by atoms with Crippen LogP contribution in [-0.2, 0) is 19.7 Å². The van der Waals surface area contributed by atoms with E-state index in [-0.39, 0.29) is 11.9 Å². The topological polar surface area (TPSA) is 105 Å². The maximum Gasteiger partial charge on any atom is 0.245 e. The lowest BCUT2D eigenvalue weighted by Crippen LogP contribution is -2.67. The number of para-hydroxylation sites is 2. The highest BCUT2D eigenvalue weighted by molar-refractivity contribution is 6.30. The summed E-state index contributed by atoms with van der Waals surface area (Å²) < 4.78 is 17.5. The fourth-order valence-corrected chi connectivity index (χ4v) is 7.59. The van der Waals surface area contributed by atoms with Gasteiger partial charge in [-0.15, -0.1) is 0 Å². The Labute approximate surface area is 294 Å². The summed E-state index contributed by atoms with van der Waals surface area (Å²) in [6.45, 7) is 5.34. The van der Waals surface area contributed by atoms with E-state index in [0.29, 0.717) is 87.0 Å². The lowest BCUT2D eigenvalue weighted by molar-refractivity contribution is -0.131. The number of β-lactam (4-membered cyclic amide) rings is 1. The molecule has 50 heavy (non-hydrogen) atoms. The molecule has 1 atom stereocenters. The van der Waals surface area contributed by atoms with Gasteiger partial charge in [-0.05, 0) is 54.1 Å². The number of morpholine rings is 2. The molecule has 0 aliphatic carbocycles. The number of carbonyl (C=O) groups is 1. The smallest absolute Gasteiger partial charge is 0.245 e. The average Bonchev–Trinajstić information content (AvgIpc) is 3.17. The minimum absolute atomic E-state index is 0.0240. The minimum atomic E-state index is -0.979. The molecule has 11 nitrogen and oxygen atoms in total. The molecule has 4 aliphatic rings. The molecule has 0 bridgehead atoms. The zero-order valence-corrected chi connectivity index (χ0v) is 27.9. The van der Waals surface area contributed by atoms with Gasteiger partial charge in [0.05, 0.1) is 32.5 Å². The summed E-state index contributed by atoms with van der Waals surface area (Å²) in [5.74, 6) is 3.02. The normalized spacial score (nSPS) is 19.3. The van der Waals surface area contributed by atoms with Gasteiger partial charge in [0, 0.05) is 53.7 Å². The average molecular weight is 688 g/mol. The van der Waals surface area contributed by atoms with Gasteiger partial charge in [0.25, 0.3) is 0 Å². The molecule has 1 unspecified atom stereocenters. The molecule has 0 saturated carbocycles. The fourth-order valence-electron chi connectivity index (χ4n) is 7.47. The van der Waals surface area contributed by atoms with E-state index < -0.39 is 5.41 Å². The number of anilines is 5. The second-order valence-electron chi connectivity index (χ2n) is 12.7. The van der Waals surface area contributed by atoms with Gasteiger partial charge in [-0.3, -0.25) is 4.79 Å². The first kappa shape index (κ1) is 30.8. The molecule has 1 amide bonds. The summed E-state index contributed by atoms with van der Waals surface area (Å²) >= 11 is 6.35. The Morgan fingerprint density at radius 3 is 1.78 bits per heavy atom. The molecule has 0 radical (unpaired) electrons. The van der Waals surface area contributed by atoms with Crippen molar-refractivity contribution in [3.63, 3.8) is 0 Å². The number of fused-ring (bicyclic) bond motifs is 4. The van der Waals surface area contributed by atoms with Crippen LogP contribution >= 0.6 is 11.6 Å². The number of hydrogen-bond acceptors (Lipinski definition) is 10. The van der Waals surface area contributed by atoms with Gasteiger partial charge in [-0.2, -0.15) is 15.0 Å². The molecule has 1 N–H and O–H groups in total. The van der Waals surface area contributed by atoms with Gasteiger partial charge in [-0.1, -0.05) is 60.1 Å². The van der Waals surface area contributed by atoms with Crippen molar-refractivity contribution in [3.8, 4) is 11.5 Å². The highest BCUT2D eigenvalue weighted by atomic mass is 35.5. The third-order valence-corrected chi connectivity index (χ3v) is 10.1. The molecular weight excluding hydrogens is 654 g/mol. The number of nitrogens with one attached hydrogen (secondary N) is 1. The van der Waals surface area contributed by atoms with E-state index in [1.165, 1.54) is 0 Å². The SMILES string of the molecule is O=C1N(c2ccc(Nc3nc(N4CCOCC4)nc(N4CCOCC4)n3)cc2)C(c2ccc(Cl)cc2)C12c1ccccc1Oc1ccccc12. The van der Waals surface area contributed by atoms with Gasteiger partial charge in [-0.25, -0.2) is 0 Å². The predicted molar refractivity (Wildman–Crippen MR) is 191 cm³/mol. The van der Waals surface area contributed by atoms with Crippen LogP contribution in [0.4, 0.5) is 29.2 Å². The highest BCUT2D eigenvalue weighted by Gasteiger charge is 2.66. The van der Waals surface area contributed by atoms with E-state index in [0.717, 1.165) is 28.1 Å². The van der Waals surface area contributed by atoms with Crippen LogP contribution in [0.5, 0.6) is 11.5 Å². The second-order valence-corrected chi connectivity index (χ2v) is 13.1. The van der Waals surface area contributed by atoms with Crippen molar-refractivity contribution in [2.24, 2.45) is 0 Å². The molecule has 9 rings (SSSR count). The number of aromatic nitrogens is 3. The Morgan fingerprint density at radius 1 is 0.680 bits per heavy atom. The Hall–Kier alpha value is -5.23. The van der Waals surface area contributed by atoms with E-state index in [1.807, 2.05) is 102 Å². The third kappa shape index (κ3) is 5.12. The molecule has 12 heteroatoms. The number of benzene rings is 4. The maximum absolute atomic E-state index is 14.8. The van der Waals surface area contributed by atoms with Crippen molar-refractivity contribution in [2.45, 2.75) is 11.5 Å². The summed E-state index contributed by atoms with van der Waals surface area (Å²) in [6, 6.07) is 30.9. The first-order valence-corrected chi connectivity index (χ1v) is 17.2. The molecule has 1 spiro atoms. The van der Waals surface area contributed by atoms with Crippen molar-refractivity contribution in [1.29, 1.82) is 0 Å². The minimum Gasteiger partial charge on any atom is -0.457 e. The quantitative estimate of drug-likeness (QED) is 0.210. The van der Waals surface area contributed by atoms with E-state index in [2.05, 4.69) is 15.1 Å². The van der Waals surface area contributed by atoms with Gasteiger partial charge in [0.1, 0.15) is 16.9 Å². The Morgan fingerprint density at radius 2 is 1.22 bits per heavy atom. The van der Waals surface area contributed by atoms with Crippen LogP contribution in [0.3, 0.4) is 0 Å². The van der Waals surface area contributed by atoms with E-state index in [9.17, 15) is 4.79 Å². The van der Waals surface area contributed by atoms with Crippen LogP contribution in [0.1, 0.15) is 22.7 Å². The fraction of sp³-hybridized carbons (Fsp3) is 0.263. The first-order valence-electron chi connectivity index (χ1n) is 16.8. The molecule has 4 aromatic carbocycles. The number of ether oxygens (including phenoxy) is 3. The second kappa shape index (κ2) is 12.6. The van der Waals surface area contributed by atoms with E-state index in [1.54, 1.807) is 0 Å². The summed E-state index contributed by atoms with van der Waals surface area (Å²) in [5.41, 5.74) is 3.24. The van der Waals surface area contributed by atoms with Gasteiger partial charge in [0.2, 0.25) is 23.8 Å². The summed E-state index contributed by atoms with van der Waals surface area (Å²) in [7, 11) is 0. The van der Waals surface area contributed by atoms with Crippen molar-refractivity contribution < 1.29 is 19.0 Å². The Bertz CT molecular complexity index is 1970. The summed E-state index contributed by atoms with van der Waals surface area (Å²) in [5, 5.41) is 4.03. The lowest BCUT2D eigenvalue weighted by Gasteiger charge is -2.58. The number of rotatable bonds is 6. The Kier molecular flexibility index (Phi) is 7.75. The van der Waals surface area contributed by atoms with Crippen molar-refractivity contribution >= 4 is 46.7 Å². The van der Waals surface area contributed by atoms with Crippen LogP contribution in [0, 0.1) is 0 Å². The molecule has 5 aromatic rings. The van der Waals surface area contributed by atoms with Gasteiger partial charge < -0.3 is 34.2 Å². The number of nitrogens with zero attached hydrogens (tertiary/aromatic N) is 6. The zero-order chi connectivity index (χ0) is 33.7. The number of hydrogen-bond donors (Lipinski definition) is 1. The lowest BCUT2D eigenvalue weighted by atomic mass is 9.58. The van der Waals surface area contributed by atoms with E-state index >= 15 is 0 Å². The molecule has 3 fully saturated rings. The maximum atomic E-state index is 14.8. The first-order chi connectivity index (χ1) is 24.6. The summed E-state index contributed by atoms with van der Waals surface area (Å²) in [6.07, 6.45) is 0. The van der Waals surface area contributed by atoms with Crippen LogP contribution < -0.4 is 24.8 Å². The molecule has 4 aliphatic heterocycles. The largest absolute Gasteiger partial charge is 0.457 e. The summed E-state index contributed by atoms with van der Waals surface area (Å²) in [4.78, 5) is 35.4. The third-order valence-electron chi connectivity index (χ3n) is 9.86. The Balaban J connectivity index is 1.07. The number of halogens is 1. The molecule has 252 valence electrons. The molecule has 3 saturated heterocycles. The van der Waals surface area contributed by atoms with Crippen molar-refractivity contribution in [3.05, 3.63) is 119 Å². The standard InChI is InChI=1S/C38H34ClN7O4/c39-26-11-9-25(10-12-26)33-38(29-5-1-3-7-31(29)50-32-8-4-2-6-30(32)38)34(47)46(33)28-15-13-27(14-16-28)40-35-41-36(44-17-21-48-22-18-44)43-37(42-35)45-19-23-49-24-20-45/h1-16,33H,17-24H2,(H,40,41,42,43). The van der Waals surface area contributed by atoms with Gasteiger partial charge >= 0.3 is 0 Å². The van der Waals surface area contributed by atoms with Crippen LogP contribution in [0.15, 0.2) is 97.1 Å². The monoisotopic (exact) mass is 687 g/mol. The van der Waals surface area contributed by atoms with E-state index in [4.69, 9.17) is 40.8 Å². The zero-order valence-electron chi connectivity index (χ0n) is 27.2.